The third-order valence-corrected chi connectivity index (χ3v) is 10.2. The largest absolute Gasteiger partial charge is 0.369 e. The molecule has 3 aromatic carbocycles. The van der Waals surface area contributed by atoms with Gasteiger partial charge in [0.05, 0.1) is 11.4 Å². The molecule has 0 radical (unpaired) electrons. The maximum absolute atomic E-state index is 13.2. The first-order chi connectivity index (χ1) is 23.5. The number of rotatable bonds is 9. The second kappa shape index (κ2) is 12.9. The van der Waals surface area contributed by atoms with E-state index < -0.39 is 0 Å². The number of nitrogens with one attached hydrogen (secondary N) is 2. The van der Waals surface area contributed by atoms with E-state index in [1.165, 1.54) is 11.3 Å². The van der Waals surface area contributed by atoms with Gasteiger partial charge in [-0.1, -0.05) is 42.5 Å². The Morgan fingerprint density at radius 2 is 1.71 bits per heavy atom. The molecule has 10 heteroatoms. The van der Waals surface area contributed by atoms with Crippen molar-refractivity contribution in [1.82, 2.24) is 24.3 Å². The van der Waals surface area contributed by atoms with Crippen LogP contribution < -0.4 is 15.5 Å². The molecule has 1 amide bonds. The van der Waals surface area contributed by atoms with Gasteiger partial charge < -0.3 is 15.5 Å². The molecule has 4 heterocycles. The molecule has 8 rings (SSSR count). The predicted octanol–water partition coefficient (Wildman–Crippen LogP) is 7.54. The summed E-state index contributed by atoms with van der Waals surface area (Å²) in [6, 6.07) is 29.2. The number of aromatic nitrogens is 4. The van der Waals surface area contributed by atoms with Gasteiger partial charge in [0.1, 0.15) is 5.69 Å². The fourth-order valence-corrected chi connectivity index (χ4v) is 7.41. The quantitative estimate of drug-likeness (QED) is 0.167. The van der Waals surface area contributed by atoms with Crippen LogP contribution >= 0.6 is 11.3 Å². The van der Waals surface area contributed by atoms with Gasteiger partial charge in [-0.15, -0.1) is 11.3 Å². The van der Waals surface area contributed by atoms with Gasteiger partial charge >= 0.3 is 0 Å². The summed E-state index contributed by atoms with van der Waals surface area (Å²) in [5, 5.41) is 8.58. The number of carbonyl (C=O) groups is 1. The Kier molecular flexibility index (Phi) is 8.11. The maximum atomic E-state index is 13.2. The Morgan fingerprint density at radius 1 is 0.896 bits per heavy atom. The van der Waals surface area contributed by atoms with E-state index >= 15 is 0 Å². The summed E-state index contributed by atoms with van der Waals surface area (Å²) in [6.07, 6.45) is 4.67. The molecule has 9 nitrogen and oxygen atoms in total. The van der Waals surface area contributed by atoms with Crippen molar-refractivity contribution in [3.63, 3.8) is 0 Å². The van der Waals surface area contributed by atoms with Crippen LogP contribution in [0.2, 0.25) is 0 Å². The lowest BCUT2D eigenvalue weighted by Crippen LogP contribution is -2.48. The first-order valence-electron chi connectivity index (χ1n) is 16.6. The number of amides is 1. The van der Waals surface area contributed by atoms with E-state index in [0.717, 1.165) is 71.6 Å². The number of anilines is 4. The second-order valence-electron chi connectivity index (χ2n) is 12.8. The number of carbonyl (C=O) groups excluding carboxylic acids is 1. The molecule has 2 aliphatic rings. The smallest absolute Gasteiger partial charge is 0.228 e. The van der Waals surface area contributed by atoms with Gasteiger partial charge in [-0.3, -0.25) is 14.1 Å². The van der Waals surface area contributed by atoms with Gasteiger partial charge in [0.2, 0.25) is 11.9 Å². The first kappa shape index (κ1) is 30.3. The van der Waals surface area contributed by atoms with Crippen molar-refractivity contribution >= 4 is 45.2 Å². The third-order valence-electron chi connectivity index (χ3n) is 9.45. The fraction of sp³-hybridized carbons (Fsp3) is 0.263. The molecule has 1 aliphatic carbocycles. The monoisotopic (exact) mass is 654 g/mol. The van der Waals surface area contributed by atoms with E-state index in [4.69, 9.17) is 9.97 Å². The van der Waals surface area contributed by atoms with Crippen LogP contribution in [0.15, 0.2) is 103 Å². The van der Waals surface area contributed by atoms with Gasteiger partial charge in [-0.25, -0.2) is 15.0 Å². The lowest BCUT2D eigenvalue weighted by atomic mass is 10.1. The summed E-state index contributed by atoms with van der Waals surface area (Å²) in [6.45, 7) is 8.76. The highest BCUT2D eigenvalue weighted by Gasteiger charge is 2.43. The van der Waals surface area contributed by atoms with Gasteiger partial charge in [-0.05, 0) is 74.2 Å². The Hall–Kier alpha value is -5.06. The number of hydrogen-bond acceptors (Lipinski definition) is 8. The van der Waals surface area contributed by atoms with E-state index in [-0.39, 0.29) is 17.7 Å². The number of piperazine rings is 1. The highest BCUT2D eigenvalue weighted by molar-refractivity contribution is 7.15. The minimum atomic E-state index is -0.00635. The van der Waals surface area contributed by atoms with Crippen molar-refractivity contribution in [3.8, 4) is 22.6 Å². The lowest BCUT2D eigenvalue weighted by Gasteiger charge is -2.38. The van der Waals surface area contributed by atoms with Crippen LogP contribution in [0.1, 0.15) is 31.7 Å². The van der Waals surface area contributed by atoms with Crippen molar-refractivity contribution < 1.29 is 4.79 Å². The zero-order chi connectivity index (χ0) is 32.6. The predicted molar refractivity (Wildman–Crippen MR) is 194 cm³/mol. The number of benzene rings is 3. The van der Waals surface area contributed by atoms with Crippen LogP contribution in [0.5, 0.6) is 0 Å². The molecule has 0 unspecified atom stereocenters. The maximum Gasteiger partial charge on any atom is 0.228 e. The third kappa shape index (κ3) is 6.16. The van der Waals surface area contributed by atoms with Crippen molar-refractivity contribution in [3.05, 3.63) is 108 Å². The Bertz CT molecular complexity index is 2050. The van der Waals surface area contributed by atoms with E-state index in [2.05, 4.69) is 80.1 Å². The standard InChI is InChI=1S/C38H38N8OS/c1-25(2)44-17-19-45(20-18-44)30-13-11-28(12-14-30)41-37-39-16-15-33(42-37)35-34(43-38-46(35)21-22-48-38)27-9-6-10-29(23-27)40-36(47)32-24-31(32)26-7-4-3-5-8-26/h3-16,21-23,25,31-32H,17-20,24H2,1-2H3,(H,40,47)(H,39,41,42)/t31-,32+/m0/s1. The number of hydrogen-bond donors (Lipinski definition) is 2. The first-order valence-corrected chi connectivity index (χ1v) is 17.5. The van der Waals surface area contributed by atoms with Crippen LogP contribution in [0.3, 0.4) is 0 Å². The summed E-state index contributed by atoms with van der Waals surface area (Å²) in [7, 11) is 0. The molecule has 1 saturated heterocycles. The molecule has 1 saturated carbocycles. The van der Waals surface area contributed by atoms with E-state index in [1.54, 1.807) is 17.5 Å². The second-order valence-corrected chi connectivity index (χ2v) is 13.7. The summed E-state index contributed by atoms with van der Waals surface area (Å²) in [5.41, 5.74) is 7.49. The van der Waals surface area contributed by atoms with Crippen LogP contribution in [-0.2, 0) is 4.79 Å². The summed E-state index contributed by atoms with van der Waals surface area (Å²) < 4.78 is 2.07. The van der Waals surface area contributed by atoms with Crippen molar-refractivity contribution in [2.75, 3.05) is 41.7 Å². The molecule has 1 aliphatic heterocycles. The SMILES string of the molecule is CC(C)N1CCN(c2ccc(Nc3nccc(-c4c(-c5cccc(NC(=O)[C@@H]6C[C@H]6c6ccccc6)c5)nc5sccn45)n3)cc2)CC1. The zero-order valence-electron chi connectivity index (χ0n) is 27.1. The molecule has 242 valence electrons. The number of fused-ring (bicyclic) bond motifs is 1. The minimum Gasteiger partial charge on any atom is -0.369 e. The number of imidazole rings is 1. The topological polar surface area (TPSA) is 90.7 Å². The normalized spacial score (nSPS) is 17.9. The average Bonchev–Trinajstić information content (AvgIpc) is 3.66. The van der Waals surface area contributed by atoms with Crippen LogP contribution in [0, 0.1) is 5.92 Å². The van der Waals surface area contributed by atoms with Crippen molar-refractivity contribution in [2.45, 2.75) is 32.2 Å². The highest BCUT2D eigenvalue weighted by Crippen LogP contribution is 2.48. The van der Waals surface area contributed by atoms with Gasteiger partial charge in [0.25, 0.3) is 0 Å². The van der Waals surface area contributed by atoms with Gasteiger partial charge in [-0.2, -0.15) is 0 Å². The van der Waals surface area contributed by atoms with E-state index in [1.807, 2.05) is 60.1 Å². The molecule has 2 N–H and O–H groups in total. The molecule has 0 spiro atoms. The molecule has 48 heavy (non-hydrogen) atoms. The van der Waals surface area contributed by atoms with E-state index in [0.29, 0.717) is 12.0 Å². The molecule has 6 aromatic rings. The van der Waals surface area contributed by atoms with Crippen LogP contribution in [0.4, 0.5) is 23.0 Å². The fourth-order valence-electron chi connectivity index (χ4n) is 6.70. The molecule has 0 bridgehead atoms. The summed E-state index contributed by atoms with van der Waals surface area (Å²) in [5.74, 6) is 0.846. The molecule has 2 atom stereocenters. The van der Waals surface area contributed by atoms with Crippen LogP contribution in [0.25, 0.3) is 27.6 Å². The molecular formula is C38H38N8OS. The Labute approximate surface area is 284 Å². The molecule has 3 aromatic heterocycles. The Morgan fingerprint density at radius 3 is 2.50 bits per heavy atom. The summed E-state index contributed by atoms with van der Waals surface area (Å²) in [4.78, 5) is 33.5. The zero-order valence-corrected chi connectivity index (χ0v) is 27.9. The van der Waals surface area contributed by atoms with Gasteiger partial charge in [0, 0.05) is 78.5 Å². The van der Waals surface area contributed by atoms with Crippen molar-refractivity contribution in [2.24, 2.45) is 5.92 Å². The van der Waals surface area contributed by atoms with E-state index in [9.17, 15) is 4.79 Å². The van der Waals surface area contributed by atoms with Crippen molar-refractivity contribution in [1.29, 1.82) is 0 Å². The summed E-state index contributed by atoms with van der Waals surface area (Å²) >= 11 is 1.57. The minimum absolute atomic E-state index is 0.00635. The highest BCUT2D eigenvalue weighted by atomic mass is 32.1. The lowest BCUT2D eigenvalue weighted by molar-refractivity contribution is -0.117. The average molecular weight is 655 g/mol. The molecule has 2 fully saturated rings. The molecular weight excluding hydrogens is 617 g/mol. The Balaban J connectivity index is 1.00. The van der Waals surface area contributed by atoms with Gasteiger partial charge in [0.15, 0.2) is 4.96 Å². The number of nitrogens with zero attached hydrogens (tertiary/aromatic N) is 6. The number of thiazole rings is 1. The van der Waals surface area contributed by atoms with Crippen LogP contribution in [-0.4, -0.2) is 62.4 Å².